The Morgan fingerprint density at radius 3 is 2.39 bits per heavy atom. The lowest BCUT2D eigenvalue weighted by molar-refractivity contribution is -0.324. The number of hydrogen-bond donors (Lipinski definition) is 0. The fraction of sp³-hybridized carbons (Fsp3) is 0.231. The number of rotatable bonds is 5. The molecule has 1 aromatic carbocycles. The molecule has 0 aromatic heterocycles. The van der Waals surface area contributed by atoms with Crippen molar-refractivity contribution in [2.75, 3.05) is 0 Å². The van der Waals surface area contributed by atoms with Crippen LogP contribution in [-0.4, -0.2) is 18.2 Å². The number of benzene rings is 1. The van der Waals surface area contributed by atoms with E-state index in [1.165, 1.54) is 13.8 Å². The van der Waals surface area contributed by atoms with Crippen molar-refractivity contribution < 1.29 is 24.1 Å². The number of carbonyl (C=O) groups is 2. The molecule has 5 nitrogen and oxygen atoms in total. The zero-order valence-electron chi connectivity index (χ0n) is 10.2. The second kappa shape index (κ2) is 6.56. The summed E-state index contributed by atoms with van der Waals surface area (Å²) in [5.41, 5.74) is 0.579. The quantitative estimate of drug-likeness (QED) is 0.264. The van der Waals surface area contributed by atoms with Gasteiger partial charge in [0.05, 0.1) is 5.56 Å². The molecule has 0 N–H and O–H groups in total. The molecule has 0 saturated carbocycles. The summed E-state index contributed by atoms with van der Waals surface area (Å²) < 4.78 is 4.76. The molecule has 0 aliphatic carbocycles. The first kappa shape index (κ1) is 13.9. The van der Waals surface area contributed by atoms with Crippen molar-refractivity contribution in [3.63, 3.8) is 0 Å². The zero-order valence-corrected chi connectivity index (χ0v) is 10.2. The van der Waals surface area contributed by atoms with Crippen LogP contribution < -0.4 is 0 Å². The van der Waals surface area contributed by atoms with E-state index in [0.717, 1.165) is 0 Å². The highest BCUT2D eigenvalue weighted by atomic mass is 17.2. The molecule has 96 valence electrons. The first-order chi connectivity index (χ1) is 8.50. The molecule has 0 heterocycles. The summed E-state index contributed by atoms with van der Waals surface area (Å²) >= 11 is 0. The van der Waals surface area contributed by atoms with Gasteiger partial charge in [-0.05, 0) is 19.1 Å². The summed E-state index contributed by atoms with van der Waals surface area (Å²) in [6.07, 6.45) is -0.998. The fourth-order valence-electron chi connectivity index (χ4n) is 1.00. The molecule has 0 spiro atoms. The highest BCUT2D eigenvalue weighted by Crippen LogP contribution is 2.05. The minimum Gasteiger partial charge on any atom is -0.429 e. The van der Waals surface area contributed by atoms with Crippen LogP contribution in [0.1, 0.15) is 24.2 Å². The molecular formula is C13H14O5. The van der Waals surface area contributed by atoms with Crippen LogP contribution in [-0.2, 0) is 19.3 Å². The first-order valence-electron chi connectivity index (χ1n) is 5.30. The van der Waals surface area contributed by atoms with Crippen molar-refractivity contribution >= 4 is 11.9 Å². The molecular weight excluding hydrogens is 236 g/mol. The van der Waals surface area contributed by atoms with E-state index in [2.05, 4.69) is 16.4 Å². The predicted octanol–water partition coefficient (Wildman–Crippen LogP) is 2.24. The molecule has 18 heavy (non-hydrogen) atoms. The maximum Gasteiger partial charge on any atom is 0.373 e. The van der Waals surface area contributed by atoms with Gasteiger partial charge < -0.3 is 4.74 Å². The Morgan fingerprint density at radius 2 is 1.83 bits per heavy atom. The molecule has 0 saturated heterocycles. The van der Waals surface area contributed by atoms with Gasteiger partial charge in [-0.1, -0.05) is 24.8 Å². The second-order valence-corrected chi connectivity index (χ2v) is 3.59. The maximum atomic E-state index is 11.5. The van der Waals surface area contributed by atoms with Gasteiger partial charge in [0, 0.05) is 12.5 Å². The van der Waals surface area contributed by atoms with Gasteiger partial charge in [0.25, 0.3) is 0 Å². The Bertz CT molecular complexity index is 438. The lowest BCUT2D eigenvalue weighted by atomic mass is 10.2. The van der Waals surface area contributed by atoms with Crippen molar-refractivity contribution in [3.05, 3.63) is 48.0 Å². The third-order valence-electron chi connectivity index (χ3n) is 1.89. The minimum atomic E-state index is -0.998. The molecule has 1 rings (SSSR count). The van der Waals surface area contributed by atoms with Gasteiger partial charge in [-0.25, -0.2) is 9.59 Å². The van der Waals surface area contributed by atoms with Crippen LogP contribution in [0.4, 0.5) is 0 Å². The molecule has 1 unspecified atom stereocenters. The van der Waals surface area contributed by atoms with E-state index >= 15 is 0 Å². The second-order valence-electron chi connectivity index (χ2n) is 3.59. The van der Waals surface area contributed by atoms with Crippen molar-refractivity contribution in [2.45, 2.75) is 20.1 Å². The smallest absolute Gasteiger partial charge is 0.373 e. The van der Waals surface area contributed by atoms with Gasteiger partial charge in [0.2, 0.25) is 6.29 Å². The Kier molecular flexibility index (Phi) is 5.07. The zero-order chi connectivity index (χ0) is 13.5. The van der Waals surface area contributed by atoms with Gasteiger partial charge in [0.15, 0.2) is 0 Å². The number of esters is 1. The SMILES string of the molecule is C=C(C)C(=O)OC(C)OOC(=O)c1ccccc1. The Labute approximate surface area is 105 Å². The van der Waals surface area contributed by atoms with Crippen LogP contribution >= 0.6 is 0 Å². The average molecular weight is 250 g/mol. The highest BCUT2D eigenvalue weighted by Gasteiger charge is 2.14. The van der Waals surface area contributed by atoms with Crippen LogP contribution in [0.2, 0.25) is 0 Å². The standard InChI is InChI=1S/C13H14O5/c1-9(2)12(14)16-10(3)17-18-13(15)11-7-5-4-6-8-11/h4-8,10H,1H2,2-3H3. The van der Waals surface area contributed by atoms with Crippen LogP contribution in [0.3, 0.4) is 0 Å². The lowest BCUT2D eigenvalue weighted by Gasteiger charge is -2.12. The maximum absolute atomic E-state index is 11.5. The summed E-state index contributed by atoms with van der Waals surface area (Å²) in [6.45, 7) is 6.35. The summed E-state index contributed by atoms with van der Waals surface area (Å²) in [5, 5.41) is 0. The molecule has 0 radical (unpaired) electrons. The Morgan fingerprint density at radius 1 is 1.22 bits per heavy atom. The van der Waals surface area contributed by atoms with E-state index in [1.54, 1.807) is 30.3 Å². The summed E-state index contributed by atoms with van der Waals surface area (Å²) in [4.78, 5) is 31.8. The third kappa shape index (κ3) is 4.39. The number of carbonyl (C=O) groups excluding carboxylic acids is 2. The largest absolute Gasteiger partial charge is 0.429 e. The van der Waals surface area contributed by atoms with Crippen molar-refractivity contribution in [3.8, 4) is 0 Å². The van der Waals surface area contributed by atoms with Crippen LogP contribution in [0.15, 0.2) is 42.5 Å². The summed E-state index contributed by atoms with van der Waals surface area (Å²) in [7, 11) is 0. The normalized spacial score (nSPS) is 11.4. The first-order valence-corrected chi connectivity index (χ1v) is 5.30. The Balaban J connectivity index is 2.39. The monoisotopic (exact) mass is 250 g/mol. The topological polar surface area (TPSA) is 61.8 Å². The van der Waals surface area contributed by atoms with Crippen molar-refractivity contribution in [1.29, 1.82) is 0 Å². The van der Waals surface area contributed by atoms with E-state index in [0.29, 0.717) is 5.56 Å². The van der Waals surface area contributed by atoms with Gasteiger partial charge in [0.1, 0.15) is 0 Å². The van der Waals surface area contributed by atoms with Crippen molar-refractivity contribution in [2.24, 2.45) is 0 Å². The van der Waals surface area contributed by atoms with E-state index in [-0.39, 0.29) is 5.57 Å². The van der Waals surface area contributed by atoms with Gasteiger partial charge in [-0.2, -0.15) is 0 Å². The lowest BCUT2D eigenvalue weighted by Crippen LogP contribution is -2.20. The van der Waals surface area contributed by atoms with Crippen LogP contribution in [0.25, 0.3) is 0 Å². The number of hydrogen-bond acceptors (Lipinski definition) is 5. The molecule has 0 amide bonds. The molecule has 0 bridgehead atoms. The number of ether oxygens (including phenoxy) is 1. The van der Waals surface area contributed by atoms with Gasteiger partial charge in [-0.15, -0.1) is 4.89 Å². The predicted molar refractivity (Wildman–Crippen MR) is 63.3 cm³/mol. The van der Waals surface area contributed by atoms with Gasteiger partial charge in [-0.3, -0.25) is 4.89 Å². The summed E-state index contributed by atoms with van der Waals surface area (Å²) in [5.74, 6) is -1.27. The molecule has 5 heteroatoms. The molecule has 0 aliphatic heterocycles. The highest BCUT2D eigenvalue weighted by molar-refractivity contribution is 5.89. The molecule has 0 fully saturated rings. The fourth-order valence-corrected chi connectivity index (χ4v) is 1.00. The third-order valence-corrected chi connectivity index (χ3v) is 1.89. The van der Waals surface area contributed by atoms with E-state index < -0.39 is 18.2 Å². The molecule has 1 atom stereocenters. The summed E-state index contributed by atoms with van der Waals surface area (Å²) in [6, 6.07) is 8.32. The minimum absolute atomic E-state index is 0.236. The Hall–Kier alpha value is -2.14. The van der Waals surface area contributed by atoms with E-state index in [1.807, 2.05) is 0 Å². The van der Waals surface area contributed by atoms with Crippen LogP contribution in [0.5, 0.6) is 0 Å². The molecule has 0 aliphatic rings. The average Bonchev–Trinajstić information content (AvgIpc) is 2.36. The van der Waals surface area contributed by atoms with Gasteiger partial charge >= 0.3 is 11.9 Å². The van der Waals surface area contributed by atoms with E-state index in [9.17, 15) is 9.59 Å². The van der Waals surface area contributed by atoms with E-state index in [4.69, 9.17) is 4.74 Å². The molecule has 1 aromatic rings. The van der Waals surface area contributed by atoms with Crippen molar-refractivity contribution in [1.82, 2.24) is 0 Å². The van der Waals surface area contributed by atoms with Crippen LogP contribution in [0, 0.1) is 0 Å².